The molecular formula is C38H79K2N4O18S2-. The summed E-state index contributed by atoms with van der Waals surface area (Å²) in [5, 5.41) is 0. The fraction of sp³-hybridized carbons (Fsp3) is 1.00. The summed E-state index contributed by atoms with van der Waals surface area (Å²) in [6.45, 7) is 26.4. The van der Waals surface area contributed by atoms with Gasteiger partial charge >= 0.3 is 103 Å². The number of rotatable bonds is 0. The molecule has 0 radical (unpaired) electrons. The smallest absolute Gasteiger partial charge is 1.00 e. The zero-order valence-electron chi connectivity index (χ0n) is 40.4. The van der Waals surface area contributed by atoms with Crippen molar-refractivity contribution in [2.45, 2.75) is 0 Å². The van der Waals surface area contributed by atoms with Gasteiger partial charge in [-0.2, -0.15) is 0 Å². The molecule has 0 aromatic carbocycles. The molecule has 6 aliphatic rings. The molecule has 374 valence electrons. The SMILES string of the molecule is C1COCCN2CCOCCOCCN(CCO1)CCOCCOCC2.C1COCCN2CCOCCOCCN(CCO1)CCOCCOCC2.CS(=O)(=O)[O-].CS(=O)(=O)[O-].[H-].[K+].[K+]. The first kappa shape index (κ1) is 68.5. The Morgan fingerprint density at radius 2 is 0.344 bits per heavy atom. The Kier molecular flexibility index (Phi) is 52.5. The van der Waals surface area contributed by atoms with Crippen LogP contribution in [-0.4, -0.2) is 295 Å². The summed E-state index contributed by atoms with van der Waals surface area (Å²) in [6, 6.07) is 0. The molecule has 26 heteroatoms. The molecule has 0 unspecified atom stereocenters. The Balaban J connectivity index is -0.000000941. The van der Waals surface area contributed by atoms with Gasteiger partial charge in [0.1, 0.15) is 0 Å². The quantitative estimate of drug-likeness (QED) is 0.162. The summed E-state index contributed by atoms with van der Waals surface area (Å²) in [6.07, 6.45) is 1.21. The average molecular weight is 1020 g/mol. The number of hydrogen-bond acceptors (Lipinski definition) is 22. The van der Waals surface area contributed by atoms with Gasteiger partial charge in [-0.05, 0) is 0 Å². The minimum absolute atomic E-state index is 0. The predicted molar refractivity (Wildman–Crippen MR) is 228 cm³/mol. The van der Waals surface area contributed by atoms with Crippen molar-refractivity contribution in [1.82, 2.24) is 19.6 Å². The molecule has 22 nitrogen and oxygen atoms in total. The average Bonchev–Trinajstić information content (AvgIpc) is 3.20. The van der Waals surface area contributed by atoms with E-state index < -0.39 is 20.2 Å². The summed E-state index contributed by atoms with van der Waals surface area (Å²) in [7, 11) is -7.83. The Bertz CT molecular complexity index is 960. The van der Waals surface area contributed by atoms with Crippen LogP contribution >= 0.6 is 0 Å². The van der Waals surface area contributed by atoms with E-state index in [1.807, 2.05) is 0 Å². The van der Waals surface area contributed by atoms with Crippen molar-refractivity contribution in [3.63, 3.8) is 0 Å². The van der Waals surface area contributed by atoms with Crippen molar-refractivity contribution in [1.29, 1.82) is 0 Å². The Morgan fingerprint density at radius 3 is 0.422 bits per heavy atom. The van der Waals surface area contributed by atoms with Crippen LogP contribution < -0.4 is 103 Å². The van der Waals surface area contributed by atoms with E-state index in [0.29, 0.717) is 171 Å². The summed E-state index contributed by atoms with van der Waals surface area (Å²) in [5.74, 6) is 0. The van der Waals surface area contributed by atoms with Gasteiger partial charge in [0.2, 0.25) is 0 Å². The molecule has 6 saturated heterocycles. The standard InChI is InChI=1S/2C18H36N2O6.2CH4O3S.2K.H/c2*1-7-21-13-14-24-10-4-20-5-11-25-17-15-22-8-2-19(1)3-9-23-16-18-26-12-6-20;2*1-5(2,3)4;;;/h2*1-18H2;2*1H3,(H,2,3,4);;;/q;;;;2*+1;-1/p-2. The Labute approximate surface area is 470 Å². The van der Waals surface area contributed by atoms with Crippen LogP contribution in [0.15, 0.2) is 0 Å². The number of ether oxygens (including phenoxy) is 12. The van der Waals surface area contributed by atoms with Gasteiger partial charge in [-0.25, -0.2) is 16.8 Å². The van der Waals surface area contributed by atoms with E-state index in [0.717, 1.165) is 78.5 Å². The third kappa shape index (κ3) is 55.4. The number of hydrogen-bond donors (Lipinski definition) is 0. The predicted octanol–water partition coefficient (Wildman–Crippen LogP) is -8.12. The minimum Gasteiger partial charge on any atom is -1.00 e. The molecule has 4 bridgehead atoms. The maximum atomic E-state index is 9.08. The van der Waals surface area contributed by atoms with Gasteiger partial charge in [-0.3, -0.25) is 19.6 Å². The second kappa shape index (κ2) is 49.1. The van der Waals surface area contributed by atoms with Gasteiger partial charge in [0.15, 0.2) is 0 Å². The van der Waals surface area contributed by atoms with Gasteiger partial charge in [0.25, 0.3) is 0 Å². The first-order valence-corrected chi connectivity index (χ1v) is 25.2. The third-order valence-electron chi connectivity index (χ3n) is 8.85. The van der Waals surface area contributed by atoms with E-state index in [1.165, 1.54) is 0 Å². The monoisotopic (exact) mass is 1020 g/mol. The molecule has 6 fully saturated rings. The Hall–Kier alpha value is 2.45. The van der Waals surface area contributed by atoms with Crippen LogP contribution in [0.1, 0.15) is 1.43 Å². The van der Waals surface area contributed by atoms with E-state index in [4.69, 9.17) is 82.8 Å². The molecule has 0 atom stereocenters. The largest absolute Gasteiger partial charge is 1.00 e. The summed E-state index contributed by atoms with van der Waals surface area (Å²) in [4.78, 5) is 9.25. The molecule has 0 saturated carbocycles. The van der Waals surface area contributed by atoms with Gasteiger partial charge in [0.05, 0.1) is 179 Å². The van der Waals surface area contributed by atoms with E-state index in [-0.39, 0.29) is 104 Å². The summed E-state index contributed by atoms with van der Waals surface area (Å²) in [5.41, 5.74) is 0. The van der Waals surface area contributed by atoms with Crippen molar-refractivity contribution in [2.75, 3.05) is 250 Å². The van der Waals surface area contributed by atoms with Crippen LogP contribution in [0.25, 0.3) is 0 Å². The fourth-order valence-electron chi connectivity index (χ4n) is 5.60. The molecular weight excluding hydrogens is 943 g/mol. The first-order chi connectivity index (χ1) is 29.9. The van der Waals surface area contributed by atoms with Crippen molar-refractivity contribution >= 4 is 20.2 Å². The molecule has 64 heavy (non-hydrogen) atoms. The van der Waals surface area contributed by atoms with Gasteiger partial charge in [-0.1, -0.05) is 0 Å². The van der Waals surface area contributed by atoms with E-state index in [1.54, 1.807) is 0 Å². The molecule has 0 aromatic rings. The number of nitrogens with zero attached hydrogens (tertiary/aromatic N) is 4. The van der Waals surface area contributed by atoms with E-state index in [9.17, 15) is 0 Å². The molecule has 0 aliphatic carbocycles. The maximum Gasteiger partial charge on any atom is 1.00 e. The molecule has 6 heterocycles. The Morgan fingerprint density at radius 1 is 0.266 bits per heavy atom. The molecule has 6 rings (SSSR count). The zero-order valence-corrected chi connectivity index (χ0v) is 47.3. The van der Waals surface area contributed by atoms with E-state index >= 15 is 0 Å². The maximum absolute atomic E-state index is 9.08. The third-order valence-corrected chi connectivity index (χ3v) is 8.85. The topological polar surface area (TPSA) is 238 Å². The summed E-state index contributed by atoms with van der Waals surface area (Å²) >= 11 is 0. The summed E-state index contributed by atoms with van der Waals surface area (Å²) < 4.78 is 123. The van der Waals surface area contributed by atoms with Gasteiger partial charge in [0, 0.05) is 91.0 Å². The van der Waals surface area contributed by atoms with Crippen LogP contribution in [0.3, 0.4) is 0 Å². The van der Waals surface area contributed by atoms with Crippen LogP contribution in [0, 0.1) is 0 Å². The first-order valence-electron chi connectivity index (χ1n) is 21.5. The minimum atomic E-state index is -3.92. The van der Waals surface area contributed by atoms with Gasteiger partial charge in [-0.15, -0.1) is 0 Å². The molecule has 0 N–H and O–H groups in total. The van der Waals surface area contributed by atoms with Crippen LogP contribution in [-0.2, 0) is 77.1 Å². The molecule has 0 aromatic heterocycles. The molecule has 6 aliphatic heterocycles. The van der Waals surface area contributed by atoms with Crippen LogP contribution in [0.2, 0.25) is 0 Å². The normalized spacial score (nSPS) is 26.6. The zero-order chi connectivity index (χ0) is 45.3. The fourth-order valence-corrected chi connectivity index (χ4v) is 5.60. The van der Waals surface area contributed by atoms with Crippen molar-refractivity contribution in [2.24, 2.45) is 0 Å². The van der Waals surface area contributed by atoms with Crippen molar-refractivity contribution < 1.29 is 187 Å². The second-order valence-electron chi connectivity index (χ2n) is 14.1. The molecule has 0 amide bonds. The van der Waals surface area contributed by atoms with Crippen LogP contribution in [0.5, 0.6) is 0 Å². The number of fused-ring (bicyclic) bond motifs is 42. The van der Waals surface area contributed by atoms with Crippen LogP contribution in [0.4, 0.5) is 0 Å². The van der Waals surface area contributed by atoms with Crippen molar-refractivity contribution in [3.8, 4) is 0 Å². The van der Waals surface area contributed by atoms with Gasteiger partial charge < -0.3 is 67.4 Å². The van der Waals surface area contributed by atoms with E-state index in [2.05, 4.69) is 19.6 Å². The van der Waals surface area contributed by atoms with Crippen molar-refractivity contribution in [3.05, 3.63) is 0 Å². The molecule has 0 spiro atoms. The second-order valence-corrected chi connectivity index (χ2v) is 16.9.